The quantitative estimate of drug-likeness (QED) is 0.522. The summed E-state index contributed by atoms with van der Waals surface area (Å²) in [5, 5.41) is 20.9. The van der Waals surface area contributed by atoms with E-state index in [4.69, 9.17) is 9.84 Å². The summed E-state index contributed by atoms with van der Waals surface area (Å²) in [6.07, 6.45) is -0.862. The van der Waals surface area contributed by atoms with Gasteiger partial charge in [-0.1, -0.05) is 0 Å². The molecule has 0 radical (unpaired) electrons. The van der Waals surface area contributed by atoms with E-state index in [1.54, 1.807) is 19.1 Å². The molecule has 0 heterocycles. The fraction of sp³-hybridized carbons (Fsp3) is 0.417. The molecule has 1 atom stereocenters. The summed E-state index contributed by atoms with van der Waals surface area (Å²) in [5.74, 6) is -0.406. The number of ether oxygens (including phenoxy) is 1. The van der Waals surface area contributed by atoms with Gasteiger partial charge in [-0.3, -0.25) is 0 Å². The molecule has 0 aromatic heterocycles. The Morgan fingerprint density at radius 3 is 2.89 bits per heavy atom. The first kappa shape index (κ1) is 15.2. The van der Waals surface area contributed by atoms with Crippen LogP contribution in [0.15, 0.2) is 18.2 Å². The van der Waals surface area contributed by atoms with Crippen LogP contribution in [0.5, 0.6) is 0 Å². The Bertz CT molecular complexity index is 411. The van der Waals surface area contributed by atoms with Crippen molar-refractivity contribution in [3.05, 3.63) is 27.3 Å². The molecular weight excluding hydrogens is 349 g/mol. The van der Waals surface area contributed by atoms with Crippen LogP contribution in [-0.2, 0) is 4.74 Å². The molecule has 0 saturated heterocycles. The second kappa shape index (κ2) is 7.55. The minimum atomic E-state index is -0.862. The fourth-order valence-corrected chi connectivity index (χ4v) is 1.83. The number of hydrogen-bond donors (Lipinski definition) is 3. The Morgan fingerprint density at radius 1 is 1.56 bits per heavy atom. The molecule has 1 aromatic rings. The summed E-state index contributed by atoms with van der Waals surface area (Å²) in [5.41, 5.74) is 1.01. The van der Waals surface area contributed by atoms with Gasteiger partial charge >= 0.3 is 5.97 Å². The van der Waals surface area contributed by atoms with Gasteiger partial charge in [0.05, 0.1) is 24.9 Å². The topological polar surface area (TPSA) is 78.8 Å². The first-order valence-electron chi connectivity index (χ1n) is 5.58. The van der Waals surface area contributed by atoms with Gasteiger partial charge in [0.15, 0.2) is 0 Å². The standard InChI is InChI=1S/C12H16INO4/c1-2-18-12(17)10-5-8(13)3-4-11(10)14-6-9(16)7-15/h3-5,9,14-16H,2,6-7H2,1H3. The molecule has 0 saturated carbocycles. The summed E-state index contributed by atoms with van der Waals surface area (Å²) in [6.45, 7) is 1.90. The van der Waals surface area contributed by atoms with Crippen molar-refractivity contribution in [2.24, 2.45) is 0 Å². The number of benzene rings is 1. The number of carbonyl (C=O) groups is 1. The molecule has 3 N–H and O–H groups in total. The molecule has 0 aliphatic heterocycles. The van der Waals surface area contributed by atoms with E-state index >= 15 is 0 Å². The van der Waals surface area contributed by atoms with Crippen LogP contribution in [-0.4, -0.2) is 42.0 Å². The lowest BCUT2D eigenvalue weighted by molar-refractivity contribution is 0.0527. The zero-order valence-electron chi connectivity index (χ0n) is 10.0. The first-order chi connectivity index (χ1) is 8.58. The van der Waals surface area contributed by atoms with Gasteiger partial charge in [0.25, 0.3) is 0 Å². The molecule has 6 heteroatoms. The van der Waals surface area contributed by atoms with Gasteiger partial charge < -0.3 is 20.3 Å². The van der Waals surface area contributed by atoms with Crippen LogP contribution in [0.3, 0.4) is 0 Å². The summed E-state index contributed by atoms with van der Waals surface area (Å²) >= 11 is 2.11. The highest BCUT2D eigenvalue weighted by Crippen LogP contribution is 2.20. The number of carbonyl (C=O) groups excluding carboxylic acids is 1. The van der Waals surface area contributed by atoms with Crippen LogP contribution in [0.4, 0.5) is 5.69 Å². The third-order valence-corrected chi connectivity index (χ3v) is 2.89. The Morgan fingerprint density at radius 2 is 2.28 bits per heavy atom. The maximum Gasteiger partial charge on any atom is 0.340 e. The van der Waals surface area contributed by atoms with Gasteiger partial charge in [0, 0.05) is 15.8 Å². The minimum Gasteiger partial charge on any atom is -0.462 e. The van der Waals surface area contributed by atoms with Crippen LogP contribution in [0.2, 0.25) is 0 Å². The van der Waals surface area contributed by atoms with Gasteiger partial charge in [0.2, 0.25) is 0 Å². The summed E-state index contributed by atoms with van der Waals surface area (Å²) in [4.78, 5) is 11.8. The number of hydrogen-bond acceptors (Lipinski definition) is 5. The molecule has 18 heavy (non-hydrogen) atoms. The molecule has 100 valence electrons. The molecule has 5 nitrogen and oxygen atoms in total. The molecule has 0 aliphatic carbocycles. The predicted octanol–water partition coefficient (Wildman–Crippen LogP) is 1.23. The van der Waals surface area contributed by atoms with Crippen molar-refractivity contribution in [3.63, 3.8) is 0 Å². The predicted molar refractivity (Wildman–Crippen MR) is 76.7 cm³/mol. The number of nitrogens with one attached hydrogen (secondary N) is 1. The minimum absolute atomic E-state index is 0.170. The van der Waals surface area contributed by atoms with Gasteiger partial charge in [-0.2, -0.15) is 0 Å². The Labute approximate surface area is 119 Å². The molecular formula is C12H16INO4. The van der Waals surface area contributed by atoms with E-state index in [1.165, 1.54) is 0 Å². The molecule has 1 unspecified atom stereocenters. The van der Waals surface area contributed by atoms with E-state index in [-0.39, 0.29) is 13.2 Å². The molecule has 0 aliphatic rings. The van der Waals surface area contributed by atoms with E-state index in [1.807, 2.05) is 6.07 Å². The highest BCUT2D eigenvalue weighted by atomic mass is 127. The van der Waals surface area contributed by atoms with Crippen molar-refractivity contribution in [1.82, 2.24) is 0 Å². The molecule has 0 fully saturated rings. The van der Waals surface area contributed by atoms with E-state index in [2.05, 4.69) is 27.9 Å². The maximum absolute atomic E-state index is 11.8. The van der Waals surface area contributed by atoms with Crippen LogP contribution < -0.4 is 5.32 Å². The third kappa shape index (κ3) is 4.43. The largest absolute Gasteiger partial charge is 0.462 e. The highest BCUT2D eigenvalue weighted by molar-refractivity contribution is 14.1. The van der Waals surface area contributed by atoms with E-state index in [9.17, 15) is 9.90 Å². The average molecular weight is 365 g/mol. The number of halogens is 1. The number of aliphatic hydroxyl groups is 2. The molecule has 1 aromatic carbocycles. The van der Waals surface area contributed by atoms with E-state index < -0.39 is 12.1 Å². The molecule has 1 rings (SSSR count). The second-order valence-corrected chi connectivity index (χ2v) is 4.87. The smallest absolute Gasteiger partial charge is 0.340 e. The monoisotopic (exact) mass is 365 g/mol. The number of aliphatic hydroxyl groups excluding tert-OH is 2. The normalized spacial score (nSPS) is 12.0. The van der Waals surface area contributed by atoms with Gasteiger partial charge in [0.1, 0.15) is 0 Å². The van der Waals surface area contributed by atoms with Gasteiger partial charge in [-0.15, -0.1) is 0 Å². The zero-order chi connectivity index (χ0) is 13.5. The summed E-state index contributed by atoms with van der Waals surface area (Å²) in [7, 11) is 0. The lowest BCUT2D eigenvalue weighted by Crippen LogP contribution is -2.24. The Balaban J connectivity index is 2.86. The molecule has 0 spiro atoms. The number of anilines is 1. The highest BCUT2D eigenvalue weighted by Gasteiger charge is 2.13. The van der Waals surface area contributed by atoms with Crippen LogP contribution in [0.1, 0.15) is 17.3 Å². The number of esters is 1. The van der Waals surface area contributed by atoms with Crippen LogP contribution >= 0.6 is 22.6 Å². The van der Waals surface area contributed by atoms with Gasteiger partial charge in [-0.25, -0.2) is 4.79 Å². The second-order valence-electron chi connectivity index (χ2n) is 3.63. The summed E-state index contributed by atoms with van der Waals surface area (Å²) in [6, 6.07) is 5.31. The van der Waals surface area contributed by atoms with Crippen molar-refractivity contribution in [2.75, 3.05) is 25.1 Å². The van der Waals surface area contributed by atoms with E-state index in [0.717, 1.165) is 3.57 Å². The van der Waals surface area contributed by atoms with Crippen molar-refractivity contribution >= 4 is 34.2 Å². The lowest BCUT2D eigenvalue weighted by Gasteiger charge is -2.14. The average Bonchev–Trinajstić information content (AvgIpc) is 2.37. The maximum atomic E-state index is 11.8. The zero-order valence-corrected chi connectivity index (χ0v) is 12.2. The summed E-state index contributed by atoms with van der Waals surface area (Å²) < 4.78 is 5.88. The lowest BCUT2D eigenvalue weighted by atomic mass is 10.1. The van der Waals surface area contributed by atoms with E-state index in [0.29, 0.717) is 17.9 Å². The van der Waals surface area contributed by atoms with Crippen LogP contribution in [0, 0.1) is 3.57 Å². The molecule has 0 bridgehead atoms. The van der Waals surface area contributed by atoms with Crippen molar-refractivity contribution < 1.29 is 19.7 Å². The van der Waals surface area contributed by atoms with Crippen LogP contribution in [0.25, 0.3) is 0 Å². The number of rotatable bonds is 6. The fourth-order valence-electron chi connectivity index (χ4n) is 1.34. The van der Waals surface area contributed by atoms with Gasteiger partial charge in [-0.05, 0) is 47.7 Å². The third-order valence-electron chi connectivity index (χ3n) is 2.22. The SMILES string of the molecule is CCOC(=O)c1cc(I)ccc1NCC(O)CO. The molecule has 0 amide bonds. The first-order valence-corrected chi connectivity index (χ1v) is 6.65. The van der Waals surface area contributed by atoms with Crippen molar-refractivity contribution in [2.45, 2.75) is 13.0 Å². The Hall–Kier alpha value is -0.860. The van der Waals surface area contributed by atoms with Crippen molar-refractivity contribution in [3.8, 4) is 0 Å². The Kier molecular flexibility index (Phi) is 6.37. The van der Waals surface area contributed by atoms with Crippen molar-refractivity contribution in [1.29, 1.82) is 0 Å².